The largest absolute Gasteiger partial charge is 0.382 e. The van der Waals surface area contributed by atoms with E-state index in [0.29, 0.717) is 11.1 Å². The van der Waals surface area contributed by atoms with Crippen molar-refractivity contribution < 1.29 is 9.90 Å². The lowest BCUT2D eigenvalue weighted by atomic mass is 9.99. The Hall–Kier alpha value is -2.46. The summed E-state index contributed by atoms with van der Waals surface area (Å²) in [4.78, 5) is 14.8. The van der Waals surface area contributed by atoms with Gasteiger partial charge in [0.25, 0.3) is 0 Å². The molecule has 2 aromatic carbocycles. The molecule has 2 aromatic rings. The molecule has 0 heterocycles. The van der Waals surface area contributed by atoms with Gasteiger partial charge in [-0.3, -0.25) is 0 Å². The first kappa shape index (κ1) is 13.0. The summed E-state index contributed by atoms with van der Waals surface area (Å²) in [5.74, 6) is 0. The van der Waals surface area contributed by atoms with Gasteiger partial charge in [0.15, 0.2) is 0 Å². The molecule has 1 atom stereocenters. The third-order valence-corrected chi connectivity index (χ3v) is 2.67. The molecule has 4 heteroatoms. The van der Waals surface area contributed by atoms with Gasteiger partial charge in [0.05, 0.1) is 5.71 Å². The quantitative estimate of drug-likeness (QED) is 0.824. The van der Waals surface area contributed by atoms with Crippen molar-refractivity contribution in [1.82, 2.24) is 0 Å². The summed E-state index contributed by atoms with van der Waals surface area (Å²) in [7, 11) is 0. The van der Waals surface area contributed by atoms with Crippen LogP contribution in [0.15, 0.2) is 65.7 Å². The summed E-state index contributed by atoms with van der Waals surface area (Å²) < 4.78 is 0. The Morgan fingerprint density at radius 3 is 2.05 bits per heavy atom. The van der Waals surface area contributed by atoms with E-state index in [-0.39, 0.29) is 5.71 Å². The molecule has 0 saturated heterocycles. The van der Waals surface area contributed by atoms with Gasteiger partial charge in [-0.2, -0.15) is 4.99 Å². The number of hydrogen-bond donors (Lipinski definition) is 2. The monoisotopic (exact) mass is 254 g/mol. The lowest BCUT2D eigenvalue weighted by Crippen LogP contribution is -2.18. The fourth-order valence-electron chi connectivity index (χ4n) is 1.80. The Bertz CT molecular complexity index is 580. The fraction of sp³-hybridized carbons (Fsp3) is 0.0667. The van der Waals surface area contributed by atoms with Crippen molar-refractivity contribution in [2.24, 2.45) is 10.7 Å². The molecule has 0 aromatic heterocycles. The first-order valence-corrected chi connectivity index (χ1v) is 5.85. The highest BCUT2D eigenvalue weighted by Crippen LogP contribution is 2.19. The minimum absolute atomic E-state index is 0.249. The topological polar surface area (TPSA) is 75.7 Å². The molecule has 0 aliphatic rings. The van der Waals surface area contributed by atoms with Gasteiger partial charge in [0, 0.05) is 0 Å². The molecule has 2 rings (SSSR count). The number of amides is 2. The highest BCUT2D eigenvalue weighted by atomic mass is 16.3. The molecule has 0 spiro atoms. The summed E-state index contributed by atoms with van der Waals surface area (Å²) in [6.45, 7) is 0. The smallest absolute Gasteiger partial charge is 0.338 e. The van der Waals surface area contributed by atoms with Crippen LogP contribution >= 0.6 is 0 Å². The van der Waals surface area contributed by atoms with Gasteiger partial charge in [-0.05, 0) is 11.1 Å². The lowest BCUT2D eigenvalue weighted by molar-refractivity contribution is 0.244. The number of carbonyl (C=O) groups excluding carboxylic acids is 1. The van der Waals surface area contributed by atoms with Crippen LogP contribution in [0.2, 0.25) is 0 Å². The molecule has 0 fully saturated rings. The number of primary amides is 1. The summed E-state index contributed by atoms with van der Waals surface area (Å²) in [6, 6.07) is 17.2. The van der Waals surface area contributed by atoms with Crippen molar-refractivity contribution in [3.8, 4) is 0 Å². The molecule has 0 radical (unpaired) electrons. The van der Waals surface area contributed by atoms with Crippen molar-refractivity contribution in [2.45, 2.75) is 6.10 Å². The minimum Gasteiger partial charge on any atom is -0.382 e. The summed E-state index contributed by atoms with van der Waals surface area (Å²) in [5.41, 5.74) is 6.68. The average molecular weight is 254 g/mol. The van der Waals surface area contributed by atoms with Gasteiger partial charge < -0.3 is 10.8 Å². The average Bonchev–Trinajstić information content (AvgIpc) is 2.46. The fourth-order valence-corrected chi connectivity index (χ4v) is 1.80. The number of nitrogens with two attached hydrogens (primary N) is 1. The first-order valence-electron chi connectivity index (χ1n) is 5.85. The van der Waals surface area contributed by atoms with Crippen LogP contribution in [-0.4, -0.2) is 16.8 Å². The third-order valence-electron chi connectivity index (χ3n) is 2.67. The van der Waals surface area contributed by atoms with Gasteiger partial charge in [-0.1, -0.05) is 60.7 Å². The normalized spacial score (nSPS) is 13.0. The summed E-state index contributed by atoms with van der Waals surface area (Å²) >= 11 is 0. The van der Waals surface area contributed by atoms with Crippen LogP contribution < -0.4 is 5.73 Å². The summed E-state index contributed by atoms with van der Waals surface area (Å²) in [5, 5.41) is 10.3. The highest BCUT2D eigenvalue weighted by Gasteiger charge is 2.17. The Balaban J connectivity index is 2.43. The molecule has 0 aliphatic carbocycles. The van der Waals surface area contributed by atoms with Gasteiger partial charge in [0.1, 0.15) is 6.10 Å². The van der Waals surface area contributed by atoms with Crippen LogP contribution in [0.5, 0.6) is 0 Å². The number of aliphatic hydroxyl groups excluding tert-OH is 1. The zero-order valence-electron chi connectivity index (χ0n) is 10.2. The number of urea groups is 1. The van der Waals surface area contributed by atoms with Crippen molar-refractivity contribution in [2.75, 3.05) is 0 Å². The van der Waals surface area contributed by atoms with Gasteiger partial charge >= 0.3 is 6.03 Å². The molecule has 0 bridgehead atoms. The number of aliphatic hydroxyl groups is 1. The van der Waals surface area contributed by atoms with Crippen LogP contribution in [0.4, 0.5) is 4.79 Å². The highest BCUT2D eigenvalue weighted by molar-refractivity contribution is 6.08. The Labute approximate surface area is 111 Å². The maximum absolute atomic E-state index is 11.0. The van der Waals surface area contributed by atoms with Crippen LogP contribution in [0.25, 0.3) is 0 Å². The van der Waals surface area contributed by atoms with Crippen LogP contribution in [0, 0.1) is 0 Å². The SMILES string of the molecule is NC(=O)/N=C(\c1ccccc1)C(O)c1ccccc1. The molecule has 2 amide bonds. The van der Waals surface area contributed by atoms with E-state index >= 15 is 0 Å². The molecule has 0 aliphatic heterocycles. The molecular weight excluding hydrogens is 240 g/mol. The van der Waals surface area contributed by atoms with E-state index in [9.17, 15) is 9.90 Å². The number of rotatable bonds is 3. The minimum atomic E-state index is -0.990. The number of nitrogens with zero attached hydrogens (tertiary/aromatic N) is 1. The maximum Gasteiger partial charge on any atom is 0.338 e. The Kier molecular flexibility index (Phi) is 4.05. The van der Waals surface area contributed by atoms with Crippen LogP contribution in [-0.2, 0) is 0 Å². The van der Waals surface area contributed by atoms with Gasteiger partial charge in [-0.15, -0.1) is 0 Å². The number of benzene rings is 2. The zero-order valence-corrected chi connectivity index (χ0v) is 10.2. The molecule has 1 unspecified atom stereocenters. The molecule has 4 nitrogen and oxygen atoms in total. The number of aliphatic imine (C=N–C) groups is 1. The maximum atomic E-state index is 11.0. The molecule has 0 saturated carbocycles. The predicted octanol–water partition coefficient (Wildman–Crippen LogP) is 2.29. The van der Waals surface area contributed by atoms with Gasteiger partial charge in [0.2, 0.25) is 0 Å². The Morgan fingerprint density at radius 2 is 1.53 bits per heavy atom. The van der Waals surface area contributed by atoms with E-state index in [1.54, 1.807) is 24.3 Å². The second-order valence-electron chi connectivity index (χ2n) is 4.01. The number of hydrogen-bond acceptors (Lipinski definition) is 2. The molecule has 3 N–H and O–H groups in total. The van der Waals surface area contributed by atoms with Crippen LogP contribution in [0.1, 0.15) is 17.2 Å². The van der Waals surface area contributed by atoms with E-state index in [2.05, 4.69) is 4.99 Å². The van der Waals surface area contributed by atoms with Crippen molar-refractivity contribution in [3.63, 3.8) is 0 Å². The van der Waals surface area contributed by atoms with Gasteiger partial charge in [-0.25, -0.2) is 4.79 Å². The summed E-state index contributed by atoms with van der Waals surface area (Å²) in [6.07, 6.45) is -0.990. The van der Waals surface area contributed by atoms with E-state index < -0.39 is 12.1 Å². The molecular formula is C15H14N2O2. The number of carbonyl (C=O) groups is 1. The van der Waals surface area contributed by atoms with E-state index in [1.807, 2.05) is 36.4 Å². The lowest BCUT2D eigenvalue weighted by Gasteiger charge is -2.14. The Morgan fingerprint density at radius 1 is 1.00 bits per heavy atom. The molecule has 96 valence electrons. The zero-order chi connectivity index (χ0) is 13.7. The van der Waals surface area contributed by atoms with Crippen molar-refractivity contribution in [3.05, 3.63) is 71.8 Å². The molecule has 19 heavy (non-hydrogen) atoms. The van der Waals surface area contributed by atoms with Crippen molar-refractivity contribution >= 4 is 11.7 Å². The second kappa shape index (κ2) is 5.93. The third kappa shape index (κ3) is 3.26. The second-order valence-corrected chi connectivity index (χ2v) is 4.01. The van der Waals surface area contributed by atoms with E-state index in [4.69, 9.17) is 5.73 Å². The first-order chi connectivity index (χ1) is 9.18. The standard InChI is InChI=1S/C15H14N2O2/c16-15(19)17-13(11-7-3-1-4-8-11)14(18)12-9-5-2-6-10-12/h1-10,14,18H,(H2,16,19)/b17-13+. The van der Waals surface area contributed by atoms with Crippen LogP contribution in [0.3, 0.4) is 0 Å². The van der Waals surface area contributed by atoms with Crippen molar-refractivity contribution in [1.29, 1.82) is 0 Å². The predicted molar refractivity (Wildman–Crippen MR) is 74.0 cm³/mol. The van der Waals surface area contributed by atoms with E-state index in [1.165, 1.54) is 0 Å². The van der Waals surface area contributed by atoms with E-state index in [0.717, 1.165) is 0 Å².